The molecule has 0 saturated carbocycles. The summed E-state index contributed by atoms with van der Waals surface area (Å²) < 4.78 is 1.72. The highest BCUT2D eigenvalue weighted by Crippen LogP contribution is 2.32. The van der Waals surface area contributed by atoms with Crippen LogP contribution < -0.4 is 5.32 Å². The van der Waals surface area contributed by atoms with E-state index in [1.54, 1.807) is 4.68 Å². The Kier molecular flexibility index (Phi) is 4.37. The summed E-state index contributed by atoms with van der Waals surface area (Å²) in [4.78, 5) is 23.1. The zero-order valence-corrected chi connectivity index (χ0v) is 14.9. The van der Waals surface area contributed by atoms with E-state index in [-0.39, 0.29) is 16.3 Å². The number of non-ortho nitro benzene ring substituents is 1. The topological polar surface area (TPSA) is 90.1 Å². The van der Waals surface area contributed by atoms with Crippen molar-refractivity contribution in [1.29, 1.82) is 0 Å². The van der Waals surface area contributed by atoms with E-state index in [9.17, 15) is 14.9 Å². The van der Waals surface area contributed by atoms with Gasteiger partial charge in [0.15, 0.2) is 0 Å². The molecule has 8 heteroatoms. The smallest absolute Gasteiger partial charge is 0.270 e. The number of nitrogens with zero attached hydrogens (tertiary/aromatic N) is 3. The normalized spacial score (nSPS) is 12.6. The number of fused-ring (bicyclic) bond motifs is 1. The molecule has 0 unspecified atom stereocenters. The Bertz CT molecular complexity index is 1050. The summed E-state index contributed by atoms with van der Waals surface area (Å²) in [7, 11) is 0. The van der Waals surface area contributed by atoms with Crippen LogP contribution in [-0.4, -0.2) is 20.6 Å². The highest BCUT2D eigenvalue weighted by Gasteiger charge is 2.25. The largest absolute Gasteiger partial charge is 0.306 e. The van der Waals surface area contributed by atoms with Crippen molar-refractivity contribution < 1.29 is 9.72 Å². The van der Waals surface area contributed by atoms with Gasteiger partial charge in [-0.05, 0) is 37.5 Å². The van der Waals surface area contributed by atoms with Crippen LogP contribution in [0, 0.1) is 10.1 Å². The molecular formula is C19H15ClN4O3. The molecule has 1 heterocycles. The minimum Gasteiger partial charge on any atom is -0.306 e. The molecule has 0 fully saturated rings. The van der Waals surface area contributed by atoms with E-state index in [2.05, 4.69) is 10.4 Å². The van der Waals surface area contributed by atoms with Crippen molar-refractivity contribution in [3.8, 4) is 5.69 Å². The number of hydrogen-bond donors (Lipinski definition) is 1. The van der Waals surface area contributed by atoms with Gasteiger partial charge in [-0.3, -0.25) is 14.9 Å². The van der Waals surface area contributed by atoms with Crippen LogP contribution in [0.1, 0.15) is 28.0 Å². The first kappa shape index (κ1) is 17.2. The molecule has 7 nitrogen and oxygen atoms in total. The fraction of sp³-hybridized carbons (Fsp3) is 0.158. The van der Waals surface area contributed by atoms with Crippen LogP contribution in [0.25, 0.3) is 5.69 Å². The first-order chi connectivity index (χ1) is 13.0. The van der Waals surface area contributed by atoms with Crippen molar-refractivity contribution in [3.05, 3.63) is 80.5 Å². The molecule has 0 spiro atoms. The summed E-state index contributed by atoms with van der Waals surface area (Å²) in [6.07, 6.45) is 2.70. The van der Waals surface area contributed by atoms with Gasteiger partial charge in [0.25, 0.3) is 11.6 Å². The lowest BCUT2D eigenvalue weighted by Gasteiger charge is -2.11. The van der Waals surface area contributed by atoms with Gasteiger partial charge in [0, 0.05) is 17.7 Å². The number of rotatable bonds is 4. The van der Waals surface area contributed by atoms with Crippen molar-refractivity contribution in [2.24, 2.45) is 0 Å². The number of carbonyl (C=O) groups excluding carboxylic acids is 1. The van der Waals surface area contributed by atoms with Crippen LogP contribution in [0.4, 0.5) is 11.5 Å². The number of aromatic nitrogens is 2. The summed E-state index contributed by atoms with van der Waals surface area (Å²) in [6, 6.07) is 13.3. The van der Waals surface area contributed by atoms with Crippen LogP contribution in [-0.2, 0) is 12.8 Å². The average molecular weight is 383 g/mol. The van der Waals surface area contributed by atoms with Crippen LogP contribution in [0.15, 0.2) is 48.5 Å². The van der Waals surface area contributed by atoms with Gasteiger partial charge in [-0.1, -0.05) is 29.8 Å². The molecule has 1 aliphatic carbocycles. The Morgan fingerprint density at radius 3 is 2.67 bits per heavy atom. The average Bonchev–Trinajstić information content (AvgIpc) is 3.25. The van der Waals surface area contributed by atoms with E-state index < -0.39 is 10.8 Å². The summed E-state index contributed by atoms with van der Waals surface area (Å²) in [5.41, 5.74) is 2.85. The molecule has 0 aliphatic heterocycles. The standard InChI is InChI=1S/C19H15ClN4O3/c20-16-11-13(24(26)27)9-10-14(16)19(25)21-18-15-7-4-8-17(15)22-23(18)12-5-2-1-3-6-12/h1-3,5-6,9-11H,4,7-8H2,(H,21,25). The molecule has 3 aromatic rings. The van der Waals surface area contributed by atoms with Gasteiger partial charge in [-0.25, -0.2) is 4.68 Å². The predicted octanol–water partition coefficient (Wildman–Crippen LogP) is 4.17. The lowest BCUT2D eigenvalue weighted by molar-refractivity contribution is -0.384. The van der Waals surface area contributed by atoms with Crippen molar-refractivity contribution in [3.63, 3.8) is 0 Å². The molecule has 2 aromatic carbocycles. The van der Waals surface area contributed by atoms with Crippen LogP contribution in [0.2, 0.25) is 5.02 Å². The van der Waals surface area contributed by atoms with Gasteiger partial charge < -0.3 is 5.32 Å². The highest BCUT2D eigenvalue weighted by atomic mass is 35.5. The lowest BCUT2D eigenvalue weighted by Crippen LogP contribution is -2.17. The van der Waals surface area contributed by atoms with Crippen LogP contribution >= 0.6 is 11.6 Å². The number of benzene rings is 2. The van der Waals surface area contributed by atoms with E-state index in [4.69, 9.17) is 11.6 Å². The molecule has 0 bridgehead atoms. The molecule has 0 saturated heterocycles. The third-order valence-electron chi connectivity index (χ3n) is 4.55. The Labute approximate surface area is 159 Å². The van der Waals surface area contributed by atoms with Crippen LogP contribution in [0.5, 0.6) is 0 Å². The van der Waals surface area contributed by atoms with E-state index in [0.29, 0.717) is 5.82 Å². The van der Waals surface area contributed by atoms with Crippen molar-refractivity contribution in [2.45, 2.75) is 19.3 Å². The summed E-state index contributed by atoms with van der Waals surface area (Å²) >= 11 is 6.09. The Balaban J connectivity index is 1.71. The lowest BCUT2D eigenvalue weighted by atomic mass is 10.2. The number of aryl methyl sites for hydroxylation is 1. The van der Waals surface area contributed by atoms with Gasteiger partial charge in [0.2, 0.25) is 0 Å². The minimum atomic E-state index is -0.551. The number of carbonyl (C=O) groups is 1. The summed E-state index contributed by atoms with van der Waals surface area (Å²) in [5.74, 6) is 0.190. The number of anilines is 1. The monoisotopic (exact) mass is 382 g/mol. The first-order valence-corrected chi connectivity index (χ1v) is 8.84. The zero-order valence-electron chi connectivity index (χ0n) is 14.2. The number of hydrogen-bond acceptors (Lipinski definition) is 4. The quantitative estimate of drug-likeness (QED) is 0.541. The van der Waals surface area contributed by atoms with Gasteiger partial charge in [-0.15, -0.1) is 0 Å². The second-order valence-electron chi connectivity index (χ2n) is 6.25. The van der Waals surface area contributed by atoms with Gasteiger partial charge in [0.05, 0.1) is 26.9 Å². The minimum absolute atomic E-state index is 0.0316. The Morgan fingerprint density at radius 1 is 1.19 bits per heavy atom. The third-order valence-corrected chi connectivity index (χ3v) is 4.86. The number of amides is 1. The fourth-order valence-electron chi connectivity index (χ4n) is 3.25. The summed E-state index contributed by atoms with van der Waals surface area (Å²) in [5, 5.41) is 18.4. The van der Waals surface area contributed by atoms with E-state index in [0.717, 1.165) is 36.2 Å². The number of halogens is 1. The zero-order chi connectivity index (χ0) is 19.0. The van der Waals surface area contributed by atoms with Crippen LogP contribution in [0.3, 0.4) is 0 Å². The molecule has 136 valence electrons. The molecule has 1 aromatic heterocycles. The molecule has 0 atom stereocenters. The SMILES string of the molecule is O=C(Nc1c2c(nn1-c1ccccc1)CCC2)c1ccc([N+](=O)[O-])cc1Cl. The van der Waals surface area contributed by atoms with Gasteiger partial charge >= 0.3 is 0 Å². The molecule has 27 heavy (non-hydrogen) atoms. The Morgan fingerprint density at radius 2 is 1.96 bits per heavy atom. The molecule has 4 rings (SSSR count). The van der Waals surface area contributed by atoms with Crippen molar-refractivity contribution in [1.82, 2.24) is 9.78 Å². The number of para-hydroxylation sites is 1. The molecule has 1 aliphatic rings. The Hall–Kier alpha value is -3.19. The molecular weight excluding hydrogens is 368 g/mol. The predicted molar refractivity (Wildman–Crippen MR) is 102 cm³/mol. The second-order valence-corrected chi connectivity index (χ2v) is 6.66. The second kappa shape index (κ2) is 6.85. The third kappa shape index (κ3) is 3.17. The van der Waals surface area contributed by atoms with E-state index in [1.165, 1.54) is 18.2 Å². The molecule has 1 N–H and O–H groups in total. The fourth-order valence-corrected chi connectivity index (χ4v) is 3.51. The van der Waals surface area contributed by atoms with E-state index in [1.807, 2.05) is 30.3 Å². The number of nitro benzene ring substituents is 1. The first-order valence-electron chi connectivity index (χ1n) is 8.46. The number of nitro groups is 1. The molecule has 1 amide bonds. The maximum absolute atomic E-state index is 12.8. The maximum atomic E-state index is 12.8. The van der Waals surface area contributed by atoms with Crippen molar-refractivity contribution in [2.75, 3.05) is 5.32 Å². The van der Waals surface area contributed by atoms with Gasteiger partial charge in [-0.2, -0.15) is 5.10 Å². The molecule has 0 radical (unpaired) electrons. The van der Waals surface area contributed by atoms with Crippen molar-refractivity contribution >= 4 is 29.0 Å². The van der Waals surface area contributed by atoms with E-state index >= 15 is 0 Å². The number of nitrogens with one attached hydrogen (secondary N) is 1. The maximum Gasteiger partial charge on any atom is 0.270 e. The summed E-state index contributed by atoms with van der Waals surface area (Å²) in [6.45, 7) is 0. The highest BCUT2D eigenvalue weighted by molar-refractivity contribution is 6.34. The van der Waals surface area contributed by atoms with Gasteiger partial charge in [0.1, 0.15) is 5.82 Å².